The Morgan fingerprint density at radius 3 is 2.62 bits per heavy atom. The molecule has 0 saturated heterocycles. The lowest BCUT2D eigenvalue weighted by Crippen LogP contribution is -2.23. The van der Waals surface area contributed by atoms with Crippen molar-refractivity contribution in [1.82, 2.24) is 4.98 Å². The molecular formula is C14H13Cl2N3OS. The molecule has 0 fully saturated rings. The maximum absolute atomic E-state index is 12.2. The molecule has 2 rings (SSSR count). The minimum absolute atomic E-state index is 0.187. The van der Waals surface area contributed by atoms with Gasteiger partial charge >= 0.3 is 0 Å². The van der Waals surface area contributed by atoms with Crippen LogP contribution in [-0.4, -0.2) is 16.1 Å². The van der Waals surface area contributed by atoms with Crippen molar-refractivity contribution in [3.8, 4) is 0 Å². The van der Waals surface area contributed by atoms with Gasteiger partial charge in [-0.1, -0.05) is 23.2 Å². The minimum Gasteiger partial charge on any atom is -0.397 e. The first-order valence-electron chi connectivity index (χ1n) is 6.09. The van der Waals surface area contributed by atoms with Crippen molar-refractivity contribution >= 4 is 52.2 Å². The Labute approximate surface area is 137 Å². The number of anilines is 2. The summed E-state index contributed by atoms with van der Waals surface area (Å²) in [7, 11) is 0. The fourth-order valence-electron chi connectivity index (χ4n) is 1.62. The summed E-state index contributed by atoms with van der Waals surface area (Å²) in [4.78, 5) is 17.1. The average Bonchev–Trinajstić information content (AvgIpc) is 2.43. The van der Waals surface area contributed by atoms with Gasteiger partial charge in [0.2, 0.25) is 5.91 Å². The standard InChI is InChI=1S/C14H13Cl2N3OS/c1-8(21-10-2-4-18-5-3-10)14(20)19-13-11(16)6-9(15)7-12(13)17/h2-8H,17H2,1H3,(H,19,20). The molecule has 0 aliphatic rings. The van der Waals surface area contributed by atoms with Crippen molar-refractivity contribution < 1.29 is 4.79 Å². The zero-order chi connectivity index (χ0) is 15.4. The molecule has 1 heterocycles. The van der Waals surface area contributed by atoms with Gasteiger partial charge in [0.1, 0.15) is 0 Å². The average molecular weight is 342 g/mol. The number of rotatable bonds is 4. The van der Waals surface area contributed by atoms with E-state index < -0.39 is 0 Å². The van der Waals surface area contributed by atoms with E-state index in [9.17, 15) is 4.79 Å². The molecular weight excluding hydrogens is 329 g/mol. The van der Waals surface area contributed by atoms with Gasteiger partial charge in [0.05, 0.1) is 21.6 Å². The van der Waals surface area contributed by atoms with E-state index in [0.717, 1.165) is 4.90 Å². The summed E-state index contributed by atoms with van der Waals surface area (Å²) >= 11 is 13.3. The highest BCUT2D eigenvalue weighted by Crippen LogP contribution is 2.33. The van der Waals surface area contributed by atoms with Crippen LogP contribution in [0.15, 0.2) is 41.6 Å². The van der Waals surface area contributed by atoms with E-state index in [1.54, 1.807) is 25.4 Å². The van der Waals surface area contributed by atoms with E-state index in [4.69, 9.17) is 28.9 Å². The Hall–Kier alpha value is -1.43. The van der Waals surface area contributed by atoms with E-state index >= 15 is 0 Å². The number of nitrogens with two attached hydrogens (primary N) is 1. The third-order valence-corrected chi connectivity index (χ3v) is 4.29. The molecule has 1 unspecified atom stereocenters. The summed E-state index contributed by atoms with van der Waals surface area (Å²) in [6.07, 6.45) is 3.36. The first-order chi connectivity index (χ1) is 9.97. The van der Waals surface area contributed by atoms with Crippen LogP contribution in [-0.2, 0) is 4.79 Å². The van der Waals surface area contributed by atoms with Crippen molar-refractivity contribution in [2.24, 2.45) is 0 Å². The highest BCUT2D eigenvalue weighted by atomic mass is 35.5. The molecule has 0 spiro atoms. The molecule has 7 heteroatoms. The smallest absolute Gasteiger partial charge is 0.237 e. The monoisotopic (exact) mass is 341 g/mol. The molecule has 0 aliphatic carbocycles. The van der Waals surface area contributed by atoms with Gasteiger partial charge in [-0.2, -0.15) is 0 Å². The van der Waals surface area contributed by atoms with Crippen LogP contribution in [0.4, 0.5) is 11.4 Å². The van der Waals surface area contributed by atoms with Crippen molar-refractivity contribution in [2.45, 2.75) is 17.1 Å². The maximum atomic E-state index is 12.2. The predicted molar refractivity (Wildman–Crippen MR) is 89.1 cm³/mol. The Balaban J connectivity index is 2.08. The number of nitrogen functional groups attached to an aromatic ring is 1. The van der Waals surface area contributed by atoms with Gasteiger partial charge in [-0.05, 0) is 31.2 Å². The lowest BCUT2D eigenvalue weighted by Gasteiger charge is -2.14. The number of nitrogens with one attached hydrogen (secondary N) is 1. The third kappa shape index (κ3) is 4.27. The molecule has 110 valence electrons. The molecule has 0 aliphatic heterocycles. The van der Waals surface area contributed by atoms with E-state index in [-0.39, 0.29) is 11.2 Å². The van der Waals surface area contributed by atoms with E-state index in [0.29, 0.717) is 21.4 Å². The van der Waals surface area contributed by atoms with Crippen LogP contribution in [0.1, 0.15) is 6.92 Å². The molecule has 21 heavy (non-hydrogen) atoms. The van der Waals surface area contributed by atoms with Crippen LogP contribution >= 0.6 is 35.0 Å². The third-order valence-electron chi connectivity index (χ3n) is 2.67. The quantitative estimate of drug-likeness (QED) is 0.649. The first kappa shape index (κ1) is 15.9. The maximum Gasteiger partial charge on any atom is 0.237 e. The molecule has 3 N–H and O–H groups in total. The number of thioether (sulfide) groups is 1. The summed E-state index contributed by atoms with van der Waals surface area (Å²) in [5, 5.41) is 3.17. The van der Waals surface area contributed by atoms with Crippen molar-refractivity contribution in [3.05, 3.63) is 46.7 Å². The molecule has 4 nitrogen and oxygen atoms in total. The second kappa shape index (κ2) is 7.02. The Morgan fingerprint density at radius 1 is 1.33 bits per heavy atom. The minimum atomic E-state index is -0.307. The van der Waals surface area contributed by atoms with Gasteiger partial charge in [-0.15, -0.1) is 11.8 Å². The number of benzene rings is 1. The lowest BCUT2D eigenvalue weighted by atomic mass is 10.2. The van der Waals surface area contributed by atoms with Crippen molar-refractivity contribution in [3.63, 3.8) is 0 Å². The molecule has 0 saturated carbocycles. The van der Waals surface area contributed by atoms with Crippen LogP contribution in [0.2, 0.25) is 10.0 Å². The van der Waals surface area contributed by atoms with Crippen molar-refractivity contribution in [2.75, 3.05) is 11.1 Å². The lowest BCUT2D eigenvalue weighted by molar-refractivity contribution is -0.115. The molecule has 1 amide bonds. The second-order valence-electron chi connectivity index (χ2n) is 4.28. The summed E-state index contributed by atoms with van der Waals surface area (Å²) in [5.74, 6) is -0.187. The number of carbonyl (C=O) groups is 1. The number of carbonyl (C=O) groups excluding carboxylic acids is 1. The van der Waals surface area contributed by atoms with Crippen molar-refractivity contribution in [1.29, 1.82) is 0 Å². The number of hydrogen-bond donors (Lipinski definition) is 2. The Kier molecular flexibility index (Phi) is 5.33. The largest absolute Gasteiger partial charge is 0.397 e. The Bertz CT molecular complexity index is 629. The predicted octanol–water partition coefficient (Wildman–Crippen LogP) is 4.09. The topological polar surface area (TPSA) is 68.0 Å². The van der Waals surface area contributed by atoms with Gasteiger partial charge in [0, 0.05) is 22.3 Å². The molecule has 0 radical (unpaired) electrons. The number of halogens is 2. The number of amides is 1. The Morgan fingerprint density at radius 2 is 2.00 bits per heavy atom. The van der Waals surface area contributed by atoms with Crippen LogP contribution in [0.5, 0.6) is 0 Å². The molecule has 2 aromatic rings. The molecule has 1 aromatic heterocycles. The fourth-order valence-corrected chi connectivity index (χ4v) is 3.03. The molecule has 1 aromatic carbocycles. The fraction of sp³-hybridized carbons (Fsp3) is 0.143. The van der Waals surface area contributed by atoms with Crippen LogP contribution in [0, 0.1) is 0 Å². The first-order valence-corrected chi connectivity index (χ1v) is 7.73. The molecule has 0 bridgehead atoms. The highest BCUT2D eigenvalue weighted by Gasteiger charge is 2.17. The van der Waals surface area contributed by atoms with Gasteiger partial charge in [0.25, 0.3) is 0 Å². The van der Waals surface area contributed by atoms with Crippen LogP contribution in [0.3, 0.4) is 0 Å². The SMILES string of the molecule is CC(Sc1ccncc1)C(=O)Nc1c(N)cc(Cl)cc1Cl. The zero-order valence-corrected chi connectivity index (χ0v) is 13.5. The number of aromatic nitrogens is 1. The van der Waals surface area contributed by atoms with E-state index in [1.807, 2.05) is 12.1 Å². The van der Waals surface area contributed by atoms with E-state index in [1.165, 1.54) is 17.8 Å². The van der Waals surface area contributed by atoms with Gasteiger partial charge in [0.15, 0.2) is 0 Å². The summed E-state index contributed by atoms with van der Waals surface area (Å²) < 4.78 is 0. The molecule has 1 atom stereocenters. The number of hydrogen-bond acceptors (Lipinski definition) is 4. The normalized spacial score (nSPS) is 12.0. The summed E-state index contributed by atoms with van der Waals surface area (Å²) in [6.45, 7) is 1.81. The highest BCUT2D eigenvalue weighted by molar-refractivity contribution is 8.00. The number of pyridine rings is 1. The number of nitrogens with zero attached hydrogens (tertiary/aromatic N) is 1. The van der Waals surface area contributed by atoms with Crippen LogP contribution < -0.4 is 11.1 Å². The zero-order valence-electron chi connectivity index (χ0n) is 11.1. The van der Waals surface area contributed by atoms with Gasteiger partial charge in [-0.3, -0.25) is 9.78 Å². The second-order valence-corrected chi connectivity index (χ2v) is 6.54. The van der Waals surface area contributed by atoms with Crippen LogP contribution in [0.25, 0.3) is 0 Å². The summed E-state index contributed by atoms with van der Waals surface area (Å²) in [5.41, 5.74) is 6.54. The summed E-state index contributed by atoms with van der Waals surface area (Å²) in [6, 6.07) is 6.77. The van der Waals surface area contributed by atoms with E-state index in [2.05, 4.69) is 10.3 Å². The van der Waals surface area contributed by atoms with Gasteiger partial charge < -0.3 is 11.1 Å². The van der Waals surface area contributed by atoms with Gasteiger partial charge in [-0.25, -0.2) is 0 Å².